The average Bonchev–Trinajstić information content (AvgIpc) is 3.20. The quantitative estimate of drug-likeness (QED) is 0.283. The Morgan fingerprint density at radius 2 is 1.90 bits per heavy atom. The van der Waals surface area contributed by atoms with Crippen molar-refractivity contribution in [3.05, 3.63) is 23.5 Å². The zero-order valence-corrected chi connectivity index (χ0v) is 15.4. The second-order valence-electron chi connectivity index (χ2n) is 7.35. The number of hydrogen-bond donors (Lipinski definition) is 4. The van der Waals surface area contributed by atoms with Crippen LogP contribution in [-0.4, -0.2) is 88.7 Å². The van der Waals surface area contributed by atoms with Gasteiger partial charge in [0.2, 0.25) is 6.29 Å². The van der Waals surface area contributed by atoms with E-state index in [1.807, 2.05) is 0 Å². The van der Waals surface area contributed by atoms with E-state index in [-0.39, 0.29) is 6.61 Å². The highest BCUT2D eigenvalue weighted by molar-refractivity contribution is 5.92. The fraction of sp³-hybridized carbons (Fsp3) is 0.667. The van der Waals surface area contributed by atoms with Crippen molar-refractivity contribution in [2.45, 2.75) is 50.0 Å². The fourth-order valence-electron chi connectivity index (χ4n) is 4.12. The van der Waals surface area contributed by atoms with Gasteiger partial charge in [0.25, 0.3) is 0 Å². The highest BCUT2D eigenvalue weighted by Crippen LogP contribution is 2.49. The summed E-state index contributed by atoms with van der Waals surface area (Å²) in [6.45, 7) is 0.602. The molecule has 0 radical (unpaired) electrons. The predicted octanol–water partition coefficient (Wildman–Crippen LogP) is -2.30. The number of hydrogen-bond acceptors (Lipinski definition) is 11. The normalized spacial score (nSPS) is 43.1. The topological polar surface area (TPSA) is 161 Å². The van der Waals surface area contributed by atoms with Crippen LogP contribution in [0.1, 0.15) is 6.92 Å². The van der Waals surface area contributed by atoms with Gasteiger partial charge in [0.05, 0.1) is 24.4 Å². The van der Waals surface area contributed by atoms with Crippen LogP contribution in [0.5, 0.6) is 0 Å². The van der Waals surface area contributed by atoms with Crippen molar-refractivity contribution in [2.24, 2.45) is 11.8 Å². The van der Waals surface area contributed by atoms with E-state index in [0.29, 0.717) is 11.1 Å². The molecule has 1 unspecified atom stereocenters. The van der Waals surface area contributed by atoms with Crippen LogP contribution in [0, 0.1) is 11.8 Å². The summed E-state index contributed by atoms with van der Waals surface area (Å²) in [4.78, 5) is 23.2. The number of carbonyl (C=O) groups excluding carboxylic acids is 2. The first-order chi connectivity index (χ1) is 13.8. The molecule has 0 spiro atoms. The first kappa shape index (κ1) is 20.3. The van der Waals surface area contributed by atoms with Gasteiger partial charge in [-0.3, -0.25) is 4.79 Å². The van der Waals surface area contributed by atoms with Gasteiger partial charge in [0, 0.05) is 12.8 Å². The lowest BCUT2D eigenvalue weighted by Gasteiger charge is -2.42. The standard InChI is InChI=1S/C18H22O11/c1-6(20)25-4-7-2-9-12-8(16(24)27-9)5-26-17(11(7)12)29-18-15(23)14(22)13(21)10(3-19)28-18/h2,5,9-15,17-19,21-23H,3-4H2,1H3/t9-,10+,11+,12-,13+,14-,15+,17?,18-/m0/s1. The molecule has 4 N–H and O–H groups in total. The van der Waals surface area contributed by atoms with Gasteiger partial charge < -0.3 is 44.1 Å². The number of rotatable bonds is 5. The molecule has 1 aliphatic carbocycles. The molecule has 0 saturated carbocycles. The number of ether oxygens (including phenoxy) is 5. The zero-order valence-electron chi connectivity index (χ0n) is 15.4. The number of carbonyl (C=O) groups is 2. The van der Waals surface area contributed by atoms with Gasteiger partial charge in [-0.25, -0.2) is 4.79 Å². The summed E-state index contributed by atoms with van der Waals surface area (Å²) in [6, 6.07) is 0. The molecule has 0 bridgehead atoms. The fourth-order valence-corrected chi connectivity index (χ4v) is 4.12. The summed E-state index contributed by atoms with van der Waals surface area (Å²) in [7, 11) is 0. The summed E-state index contributed by atoms with van der Waals surface area (Å²) in [5.74, 6) is -1.99. The summed E-state index contributed by atoms with van der Waals surface area (Å²) in [5.41, 5.74) is 0.936. The van der Waals surface area contributed by atoms with Crippen LogP contribution in [0.25, 0.3) is 0 Å². The molecule has 2 saturated heterocycles. The molecule has 2 fully saturated rings. The second kappa shape index (κ2) is 7.67. The minimum atomic E-state index is -1.61. The Morgan fingerprint density at radius 1 is 1.14 bits per heavy atom. The smallest absolute Gasteiger partial charge is 0.338 e. The van der Waals surface area contributed by atoms with Crippen LogP contribution in [0.4, 0.5) is 0 Å². The molecule has 0 aromatic rings. The van der Waals surface area contributed by atoms with Gasteiger partial charge in [0.1, 0.15) is 37.1 Å². The van der Waals surface area contributed by atoms with Gasteiger partial charge in [-0.2, -0.15) is 0 Å². The van der Waals surface area contributed by atoms with Crippen LogP contribution in [0.2, 0.25) is 0 Å². The maximum atomic E-state index is 12.0. The molecule has 11 nitrogen and oxygen atoms in total. The van der Waals surface area contributed by atoms with Gasteiger partial charge in [0.15, 0.2) is 6.29 Å². The van der Waals surface area contributed by atoms with Crippen molar-refractivity contribution < 1.29 is 53.7 Å². The first-order valence-corrected chi connectivity index (χ1v) is 9.18. The maximum absolute atomic E-state index is 12.0. The Hall–Kier alpha value is -2.02. The van der Waals surface area contributed by atoms with E-state index < -0.39 is 73.5 Å². The molecule has 29 heavy (non-hydrogen) atoms. The van der Waals surface area contributed by atoms with Crippen LogP contribution in [0.15, 0.2) is 23.5 Å². The third-order valence-corrected chi connectivity index (χ3v) is 5.57. The molecule has 160 valence electrons. The van der Waals surface area contributed by atoms with Gasteiger partial charge in [-0.05, 0) is 11.6 Å². The van der Waals surface area contributed by atoms with Gasteiger partial charge in [-0.15, -0.1) is 0 Å². The first-order valence-electron chi connectivity index (χ1n) is 9.18. The van der Waals surface area contributed by atoms with Gasteiger partial charge >= 0.3 is 11.9 Å². The SMILES string of the molecule is CC(=O)OCC1=C[C@@H]2OC(=O)C3=COC(O[C@@H]4O[C@H](CO)[C@@H](O)[C@H](O)[C@H]4O)[C@H]1[C@@H]32. The maximum Gasteiger partial charge on any atom is 0.338 e. The van der Waals surface area contributed by atoms with Crippen molar-refractivity contribution >= 4 is 11.9 Å². The summed E-state index contributed by atoms with van der Waals surface area (Å²) in [6.07, 6.45) is -6.03. The number of aliphatic hydroxyl groups is 4. The molecule has 0 amide bonds. The van der Waals surface area contributed by atoms with Crippen molar-refractivity contribution in [2.75, 3.05) is 13.2 Å². The largest absolute Gasteiger partial charge is 0.471 e. The van der Waals surface area contributed by atoms with Crippen LogP contribution in [-0.2, 0) is 33.3 Å². The predicted molar refractivity (Wildman–Crippen MR) is 89.4 cm³/mol. The summed E-state index contributed by atoms with van der Waals surface area (Å²) in [5, 5.41) is 39.4. The lowest BCUT2D eigenvalue weighted by Crippen LogP contribution is -2.60. The minimum Gasteiger partial charge on any atom is -0.471 e. The van der Waals surface area contributed by atoms with Crippen molar-refractivity contribution in [3.8, 4) is 0 Å². The van der Waals surface area contributed by atoms with Crippen LogP contribution in [0.3, 0.4) is 0 Å². The van der Waals surface area contributed by atoms with Crippen molar-refractivity contribution in [1.29, 1.82) is 0 Å². The highest BCUT2D eigenvalue weighted by Gasteiger charge is 2.56. The Morgan fingerprint density at radius 3 is 2.59 bits per heavy atom. The Bertz CT molecular complexity index is 744. The molecular formula is C18H22O11. The summed E-state index contributed by atoms with van der Waals surface area (Å²) >= 11 is 0. The number of esters is 2. The molecule has 3 aliphatic heterocycles. The molecule has 4 rings (SSSR count). The van der Waals surface area contributed by atoms with Crippen molar-refractivity contribution in [1.82, 2.24) is 0 Å². The van der Waals surface area contributed by atoms with E-state index >= 15 is 0 Å². The van der Waals surface area contributed by atoms with Gasteiger partial charge in [-0.1, -0.05) is 0 Å². The van der Waals surface area contributed by atoms with E-state index in [9.17, 15) is 30.0 Å². The van der Waals surface area contributed by atoms with E-state index in [2.05, 4.69) is 0 Å². The van der Waals surface area contributed by atoms with Crippen LogP contribution < -0.4 is 0 Å². The Labute approximate surface area is 165 Å². The molecule has 0 aromatic heterocycles. The monoisotopic (exact) mass is 414 g/mol. The lowest BCUT2D eigenvalue weighted by atomic mass is 9.84. The van der Waals surface area contributed by atoms with E-state index in [0.717, 1.165) is 0 Å². The molecular weight excluding hydrogens is 392 g/mol. The van der Waals surface area contributed by atoms with Crippen molar-refractivity contribution in [3.63, 3.8) is 0 Å². The third-order valence-electron chi connectivity index (χ3n) is 5.57. The molecule has 0 aromatic carbocycles. The number of aliphatic hydroxyl groups excluding tert-OH is 4. The summed E-state index contributed by atoms with van der Waals surface area (Å²) < 4.78 is 27.0. The highest BCUT2D eigenvalue weighted by atomic mass is 16.8. The minimum absolute atomic E-state index is 0.0598. The molecule has 11 heteroatoms. The second-order valence-corrected chi connectivity index (χ2v) is 7.35. The zero-order chi connectivity index (χ0) is 20.9. The Kier molecular flexibility index (Phi) is 5.36. The molecule has 4 aliphatic rings. The molecule has 9 atom stereocenters. The third kappa shape index (κ3) is 3.43. The van der Waals surface area contributed by atoms with Crippen LogP contribution >= 0.6 is 0 Å². The average molecular weight is 414 g/mol. The molecule has 3 heterocycles. The Balaban J connectivity index is 1.56. The lowest BCUT2D eigenvalue weighted by molar-refractivity contribution is -0.339. The van der Waals surface area contributed by atoms with E-state index in [1.165, 1.54) is 13.2 Å². The van der Waals surface area contributed by atoms with E-state index in [1.54, 1.807) is 6.08 Å². The van der Waals surface area contributed by atoms with E-state index in [4.69, 9.17) is 23.7 Å².